The van der Waals surface area contributed by atoms with Crippen LogP contribution in [0.1, 0.15) is 41.0 Å². The number of benzene rings is 1. The quantitative estimate of drug-likeness (QED) is 0.693. The average molecular weight is 397 g/mol. The number of carbonyl (C=O) groups excluding carboxylic acids is 1. The number of hydrogen-bond donors (Lipinski definition) is 1. The van der Waals surface area contributed by atoms with Crippen molar-refractivity contribution >= 4 is 17.2 Å². The number of hydrogen-bond acceptors (Lipinski definition) is 6. The summed E-state index contributed by atoms with van der Waals surface area (Å²) in [6, 6.07) is 11.8. The summed E-state index contributed by atoms with van der Waals surface area (Å²) < 4.78 is 1.54. The molecule has 0 bridgehead atoms. The van der Waals surface area contributed by atoms with E-state index in [1.807, 2.05) is 18.2 Å². The third-order valence-corrected chi connectivity index (χ3v) is 6.28. The maximum atomic E-state index is 12.8. The van der Waals surface area contributed by atoms with Crippen LogP contribution in [0.5, 0.6) is 0 Å². The topological polar surface area (TPSA) is 75.9 Å². The lowest BCUT2D eigenvalue weighted by Gasteiger charge is -2.36. The molecule has 0 spiro atoms. The summed E-state index contributed by atoms with van der Waals surface area (Å²) in [5.41, 5.74) is 1.36. The van der Waals surface area contributed by atoms with Gasteiger partial charge in [-0.25, -0.2) is 4.68 Å². The summed E-state index contributed by atoms with van der Waals surface area (Å²) in [6.45, 7) is 5.07. The third-order valence-electron chi connectivity index (χ3n) is 5.31. The number of thiophene rings is 1. The number of rotatable bonds is 6. The van der Waals surface area contributed by atoms with Gasteiger partial charge in [0.25, 0.3) is 5.91 Å². The summed E-state index contributed by atoms with van der Waals surface area (Å²) >= 11 is 1.76. The number of carbonyl (C=O) groups is 1. The number of aromatic nitrogens is 4. The minimum absolute atomic E-state index is 0.0816. The summed E-state index contributed by atoms with van der Waals surface area (Å²) in [4.78, 5) is 16.6. The number of tetrazole rings is 1. The van der Waals surface area contributed by atoms with Gasteiger partial charge in [0.15, 0.2) is 0 Å². The molecular formula is C20H24N6OS. The van der Waals surface area contributed by atoms with Crippen molar-refractivity contribution in [1.29, 1.82) is 0 Å². The van der Waals surface area contributed by atoms with E-state index in [1.165, 1.54) is 24.0 Å². The summed E-state index contributed by atoms with van der Waals surface area (Å²) in [5, 5.41) is 16.4. The van der Waals surface area contributed by atoms with E-state index in [-0.39, 0.29) is 11.9 Å². The summed E-state index contributed by atoms with van der Waals surface area (Å²) in [5.74, 6) is 0.700. The molecule has 4 rings (SSSR count). The third kappa shape index (κ3) is 4.28. The van der Waals surface area contributed by atoms with E-state index in [0.717, 1.165) is 24.7 Å². The molecule has 3 aromatic rings. The minimum Gasteiger partial charge on any atom is -0.350 e. The Labute approximate surface area is 168 Å². The van der Waals surface area contributed by atoms with E-state index >= 15 is 0 Å². The fourth-order valence-electron chi connectivity index (χ4n) is 3.59. The van der Waals surface area contributed by atoms with Crippen LogP contribution in [0.25, 0.3) is 5.69 Å². The van der Waals surface area contributed by atoms with Gasteiger partial charge in [-0.2, -0.15) is 0 Å². The Bertz CT molecular complexity index is 887. The Morgan fingerprint density at radius 2 is 2.14 bits per heavy atom. The second-order valence-corrected chi connectivity index (χ2v) is 8.24. The fraction of sp³-hybridized carbons (Fsp3) is 0.400. The van der Waals surface area contributed by atoms with Crippen molar-refractivity contribution < 1.29 is 4.79 Å². The van der Waals surface area contributed by atoms with E-state index in [0.29, 0.717) is 12.1 Å². The molecule has 8 heteroatoms. The van der Waals surface area contributed by atoms with Gasteiger partial charge in [0.1, 0.15) is 6.33 Å². The number of piperidine rings is 1. The van der Waals surface area contributed by atoms with Gasteiger partial charge in [0.2, 0.25) is 0 Å². The van der Waals surface area contributed by atoms with Gasteiger partial charge < -0.3 is 5.32 Å². The zero-order valence-corrected chi connectivity index (χ0v) is 16.7. The van der Waals surface area contributed by atoms with E-state index in [2.05, 4.69) is 50.2 Å². The molecule has 0 radical (unpaired) electrons. The van der Waals surface area contributed by atoms with Gasteiger partial charge in [0.05, 0.1) is 11.7 Å². The lowest BCUT2D eigenvalue weighted by Crippen LogP contribution is -2.41. The first-order valence-electron chi connectivity index (χ1n) is 9.60. The highest BCUT2D eigenvalue weighted by atomic mass is 32.1. The van der Waals surface area contributed by atoms with Crippen LogP contribution in [-0.4, -0.2) is 50.6 Å². The second-order valence-electron chi connectivity index (χ2n) is 7.26. The molecule has 1 amide bonds. The highest BCUT2D eigenvalue weighted by molar-refractivity contribution is 7.10. The Hall–Kier alpha value is -2.58. The number of nitrogens with one attached hydrogen (secondary N) is 1. The molecule has 28 heavy (non-hydrogen) atoms. The molecule has 1 atom stereocenters. The predicted octanol–water partition coefficient (Wildman–Crippen LogP) is 2.93. The van der Waals surface area contributed by atoms with Crippen LogP contribution < -0.4 is 5.32 Å². The average Bonchev–Trinajstić information content (AvgIpc) is 3.44. The lowest BCUT2D eigenvalue weighted by atomic mass is 9.97. The van der Waals surface area contributed by atoms with E-state index in [9.17, 15) is 4.79 Å². The Morgan fingerprint density at radius 1 is 1.29 bits per heavy atom. The fourth-order valence-corrected chi connectivity index (χ4v) is 4.45. The smallest absolute Gasteiger partial charge is 0.251 e. The first kappa shape index (κ1) is 18.8. The molecule has 0 aliphatic carbocycles. The Balaban J connectivity index is 1.45. The molecule has 0 unspecified atom stereocenters. The minimum atomic E-state index is -0.0816. The molecule has 146 valence electrons. The number of likely N-dealkylation sites (tertiary alicyclic amines) is 1. The van der Waals surface area contributed by atoms with Gasteiger partial charge >= 0.3 is 0 Å². The van der Waals surface area contributed by atoms with Crippen molar-refractivity contribution in [3.8, 4) is 5.69 Å². The molecule has 1 N–H and O–H groups in total. The van der Waals surface area contributed by atoms with E-state index in [4.69, 9.17) is 0 Å². The maximum absolute atomic E-state index is 12.8. The van der Waals surface area contributed by atoms with Gasteiger partial charge in [-0.1, -0.05) is 19.1 Å². The summed E-state index contributed by atoms with van der Waals surface area (Å²) in [7, 11) is 0. The normalized spacial score (nSPS) is 16.8. The van der Waals surface area contributed by atoms with Crippen LogP contribution in [0.4, 0.5) is 0 Å². The maximum Gasteiger partial charge on any atom is 0.251 e. The zero-order valence-electron chi connectivity index (χ0n) is 15.9. The van der Waals surface area contributed by atoms with Gasteiger partial charge in [-0.15, -0.1) is 16.4 Å². The SMILES string of the molecule is CC1CCN([C@H](CNC(=O)c2cccc(-n3cnnn3)c2)c2cccs2)CC1. The highest BCUT2D eigenvalue weighted by Crippen LogP contribution is 2.29. The molecule has 1 saturated heterocycles. The van der Waals surface area contributed by atoms with Gasteiger partial charge in [-0.05, 0) is 71.9 Å². The number of nitrogens with zero attached hydrogens (tertiary/aromatic N) is 5. The second kappa shape index (κ2) is 8.62. The van der Waals surface area contributed by atoms with Crippen LogP contribution in [-0.2, 0) is 0 Å². The predicted molar refractivity (Wildman–Crippen MR) is 109 cm³/mol. The van der Waals surface area contributed by atoms with Crippen LogP contribution >= 0.6 is 11.3 Å². The van der Waals surface area contributed by atoms with Crippen molar-refractivity contribution in [2.75, 3.05) is 19.6 Å². The standard InChI is InChI=1S/C20H24N6OS/c1-15-7-9-25(10-8-15)18(19-6-3-11-28-19)13-21-20(27)16-4-2-5-17(12-16)26-14-22-23-24-26/h2-6,11-12,14-15,18H,7-10,13H2,1H3,(H,21,27)/t18-/m1/s1. The molecule has 1 aliphatic heterocycles. The van der Waals surface area contributed by atoms with Crippen LogP contribution in [0.15, 0.2) is 48.1 Å². The van der Waals surface area contributed by atoms with E-state index < -0.39 is 0 Å². The first-order valence-corrected chi connectivity index (χ1v) is 10.5. The van der Waals surface area contributed by atoms with Crippen LogP contribution in [0.2, 0.25) is 0 Å². The van der Waals surface area contributed by atoms with E-state index in [1.54, 1.807) is 22.1 Å². The molecule has 1 aliphatic rings. The monoisotopic (exact) mass is 396 g/mol. The lowest BCUT2D eigenvalue weighted by molar-refractivity contribution is 0.0915. The molecule has 0 saturated carbocycles. The van der Waals surface area contributed by atoms with Crippen LogP contribution in [0, 0.1) is 5.92 Å². The Morgan fingerprint density at radius 3 is 2.86 bits per heavy atom. The van der Waals surface area contributed by atoms with Gasteiger partial charge in [-0.3, -0.25) is 9.69 Å². The highest BCUT2D eigenvalue weighted by Gasteiger charge is 2.25. The molecule has 2 aromatic heterocycles. The van der Waals surface area contributed by atoms with Gasteiger partial charge in [0, 0.05) is 17.0 Å². The summed E-state index contributed by atoms with van der Waals surface area (Å²) in [6.07, 6.45) is 3.94. The zero-order chi connectivity index (χ0) is 19.3. The molecule has 3 heterocycles. The molecule has 7 nitrogen and oxygen atoms in total. The van der Waals surface area contributed by atoms with Crippen molar-refractivity contribution in [3.05, 3.63) is 58.5 Å². The van der Waals surface area contributed by atoms with Crippen molar-refractivity contribution in [3.63, 3.8) is 0 Å². The van der Waals surface area contributed by atoms with Crippen molar-refractivity contribution in [2.24, 2.45) is 5.92 Å². The largest absolute Gasteiger partial charge is 0.350 e. The molecule has 1 aromatic carbocycles. The molecule has 1 fully saturated rings. The van der Waals surface area contributed by atoms with Crippen molar-refractivity contribution in [1.82, 2.24) is 30.4 Å². The number of amides is 1. The van der Waals surface area contributed by atoms with Crippen LogP contribution in [0.3, 0.4) is 0 Å². The van der Waals surface area contributed by atoms with Crippen molar-refractivity contribution in [2.45, 2.75) is 25.8 Å². The first-order chi connectivity index (χ1) is 13.7. The molecular weight excluding hydrogens is 372 g/mol. The Kier molecular flexibility index (Phi) is 5.78.